The minimum absolute atomic E-state index is 0.607. The molecular formula is C44H27N5O. The number of rotatable bonds is 5. The van der Waals surface area contributed by atoms with E-state index in [0.29, 0.717) is 23.2 Å². The van der Waals surface area contributed by atoms with Gasteiger partial charge in [0.25, 0.3) is 0 Å². The Balaban J connectivity index is 1.20. The SMILES string of the molecule is c1ccc(-c2nc(-c3ccccc3)nc(-c3ccc(-c4nc5oc6ccccc6c5c5c4c4ccccc4n5-c4ccccc4)cc3)n2)cc1. The zero-order chi connectivity index (χ0) is 33.0. The van der Waals surface area contributed by atoms with Gasteiger partial charge in [-0.05, 0) is 24.3 Å². The summed E-state index contributed by atoms with van der Waals surface area (Å²) in [6, 6.07) is 55.7. The molecular weight excluding hydrogens is 615 g/mol. The first-order valence-electron chi connectivity index (χ1n) is 16.6. The summed E-state index contributed by atoms with van der Waals surface area (Å²) < 4.78 is 8.80. The van der Waals surface area contributed by atoms with Crippen molar-refractivity contribution < 1.29 is 4.42 Å². The van der Waals surface area contributed by atoms with Crippen LogP contribution < -0.4 is 0 Å². The molecule has 0 atom stereocenters. The number of furan rings is 1. The van der Waals surface area contributed by atoms with Crippen LogP contribution >= 0.6 is 0 Å². The summed E-state index contributed by atoms with van der Waals surface area (Å²) >= 11 is 0. The van der Waals surface area contributed by atoms with Gasteiger partial charge in [0.15, 0.2) is 17.5 Å². The summed E-state index contributed by atoms with van der Waals surface area (Å²) in [6.45, 7) is 0. The Morgan fingerprint density at radius 1 is 0.400 bits per heavy atom. The Morgan fingerprint density at radius 3 is 1.54 bits per heavy atom. The molecule has 0 N–H and O–H groups in total. The van der Waals surface area contributed by atoms with E-state index >= 15 is 0 Å². The van der Waals surface area contributed by atoms with Crippen molar-refractivity contribution in [1.29, 1.82) is 0 Å². The Hall–Kier alpha value is -6.92. The van der Waals surface area contributed by atoms with Crippen LogP contribution in [0.5, 0.6) is 0 Å². The van der Waals surface area contributed by atoms with Crippen LogP contribution in [0.3, 0.4) is 0 Å². The second-order valence-corrected chi connectivity index (χ2v) is 12.3. The molecule has 0 spiro atoms. The molecule has 10 rings (SSSR count). The van der Waals surface area contributed by atoms with E-state index in [1.165, 1.54) is 0 Å². The lowest BCUT2D eigenvalue weighted by Gasteiger charge is -2.11. The number of benzene rings is 6. The second-order valence-electron chi connectivity index (χ2n) is 12.3. The highest BCUT2D eigenvalue weighted by Crippen LogP contribution is 2.44. The van der Waals surface area contributed by atoms with Crippen LogP contribution in [-0.4, -0.2) is 24.5 Å². The minimum atomic E-state index is 0.607. The molecule has 234 valence electrons. The Labute approximate surface area is 287 Å². The van der Waals surface area contributed by atoms with E-state index in [1.807, 2.05) is 78.9 Å². The van der Waals surface area contributed by atoms with Crippen molar-refractivity contribution in [2.24, 2.45) is 0 Å². The molecule has 0 amide bonds. The summed E-state index contributed by atoms with van der Waals surface area (Å²) in [7, 11) is 0. The summed E-state index contributed by atoms with van der Waals surface area (Å²) in [5.74, 6) is 1.87. The van der Waals surface area contributed by atoms with Gasteiger partial charge in [0.05, 0.1) is 22.1 Å². The number of para-hydroxylation sites is 3. The van der Waals surface area contributed by atoms with E-state index in [1.54, 1.807) is 0 Å². The summed E-state index contributed by atoms with van der Waals surface area (Å²) in [6.07, 6.45) is 0. The summed E-state index contributed by atoms with van der Waals surface area (Å²) in [4.78, 5) is 20.0. The van der Waals surface area contributed by atoms with E-state index in [0.717, 1.165) is 71.8 Å². The third kappa shape index (κ3) is 4.50. The Bertz CT molecular complexity index is 2780. The molecule has 0 unspecified atom stereocenters. The normalized spacial score (nSPS) is 11.6. The molecule has 0 fully saturated rings. The maximum Gasteiger partial charge on any atom is 0.230 e. The van der Waals surface area contributed by atoms with E-state index < -0.39 is 0 Å². The molecule has 0 aliphatic carbocycles. The van der Waals surface area contributed by atoms with Crippen molar-refractivity contribution >= 4 is 43.9 Å². The lowest BCUT2D eigenvalue weighted by Crippen LogP contribution is -2.00. The predicted octanol–water partition coefficient (Wildman–Crippen LogP) is 10.9. The molecule has 10 aromatic rings. The number of hydrogen-bond donors (Lipinski definition) is 0. The van der Waals surface area contributed by atoms with Crippen molar-refractivity contribution in [2.45, 2.75) is 0 Å². The van der Waals surface area contributed by atoms with E-state index in [9.17, 15) is 0 Å². The molecule has 4 aromatic heterocycles. The van der Waals surface area contributed by atoms with Crippen molar-refractivity contribution in [3.8, 4) is 51.1 Å². The van der Waals surface area contributed by atoms with E-state index in [-0.39, 0.29) is 0 Å². The van der Waals surface area contributed by atoms with Crippen LogP contribution in [0.2, 0.25) is 0 Å². The Morgan fingerprint density at radius 2 is 0.900 bits per heavy atom. The smallest absolute Gasteiger partial charge is 0.230 e. The third-order valence-corrected chi connectivity index (χ3v) is 9.27. The summed E-state index contributed by atoms with van der Waals surface area (Å²) in [5, 5.41) is 4.25. The molecule has 0 saturated carbocycles. The molecule has 50 heavy (non-hydrogen) atoms. The van der Waals surface area contributed by atoms with Crippen molar-refractivity contribution in [2.75, 3.05) is 0 Å². The Kier molecular flexibility index (Phi) is 6.39. The van der Waals surface area contributed by atoms with Gasteiger partial charge in [0.2, 0.25) is 5.71 Å². The van der Waals surface area contributed by atoms with Gasteiger partial charge in [-0.2, -0.15) is 0 Å². The average Bonchev–Trinajstić information content (AvgIpc) is 3.74. The van der Waals surface area contributed by atoms with Crippen molar-refractivity contribution in [3.63, 3.8) is 0 Å². The number of hydrogen-bond acceptors (Lipinski definition) is 5. The number of pyridine rings is 1. The van der Waals surface area contributed by atoms with Gasteiger partial charge < -0.3 is 8.98 Å². The zero-order valence-electron chi connectivity index (χ0n) is 26.7. The molecule has 0 aliphatic heterocycles. The van der Waals surface area contributed by atoms with E-state index in [4.69, 9.17) is 24.4 Å². The lowest BCUT2D eigenvalue weighted by molar-refractivity contribution is 0.655. The minimum Gasteiger partial charge on any atom is -0.438 e. The van der Waals surface area contributed by atoms with Crippen LogP contribution in [0.25, 0.3) is 95.0 Å². The van der Waals surface area contributed by atoms with Gasteiger partial charge in [-0.3, -0.25) is 0 Å². The first-order chi connectivity index (χ1) is 24.8. The number of aromatic nitrogens is 5. The van der Waals surface area contributed by atoms with Crippen LogP contribution in [0.1, 0.15) is 0 Å². The first kappa shape index (κ1) is 28.1. The van der Waals surface area contributed by atoms with Crippen molar-refractivity contribution in [1.82, 2.24) is 24.5 Å². The molecule has 6 nitrogen and oxygen atoms in total. The van der Waals surface area contributed by atoms with Crippen LogP contribution in [-0.2, 0) is 0 Å². The van der Waals surface area contributed by atoms with Gasteiger partial charge in [-0.1, -0.05) is 140 Å². The fourth-order valence-corrected chi connectivity index (χ4v) is 6.98. The maximum absolute atomic E-state index is 6.46. The van der Waals surface area contributed by atoms with Gasteiger partial charge >= 0.3 is 0 Å². The topological polar surface area (TPSA) is 69.6 Å². The van der Waals surface area contributed by atoms with Gasteiger partial charge in [0, 0.05) is 44.1 Å². The van der Waals surface area contributed by atoms with Gasteiger partial charge in [-0.15, -0.1) is 0 Å². The van der Waals surface area contributed by atoms with Crippen LogP contribution in [0.15, 0.2) is 168 Å². The second kappa shape index (κ2) is 11.4. The molecule has 6 heteroatoms. The maximum atomic E-state index is 6.46. The third-order valence-electron chi connectivity index (χ3n) is 9.27. The van der Waals surface area contributed by atoms with Crippen molar-refractivity contribution in [3.05, 3.63) is 164 Å². The summed E-state index contributed by atoms with van der Waals surface area (Å²) in [5.41, 5.74) is 9.27. The lowest BCUT2D eigenvalue weighted by atomic mass is 10.0. The number of fused-ring (bicyclic) bond motifs is 7. The highest BCUT2D eigenvalue weighted by molar-refractivity contribution is 6.26. The molecule has 0 bridgehead atoms. The largest absolute Gasteiger partial charge is 0.438 e. The molecule has 0 radical (unpaired) electrons. The van der Waals surface area contributed by atoms with E-state index in [2.05, 4.69) is 89.5 Å². The fourth-order valence-electron chi connectivity index (χ4n) is 6.98. The average molecular weight is 642 g/mol. The monoisotopic (exact) mass is 641 g/mol. The highest BCUT2D eigenvalue weighted by Gasteiger charge is 2.24. The zero-order valence-corrected chi connectivity index (χ0v) is 26.7. The van der Waals surface area contributed by atoms with Crippen LogP contribution in [0.4, 0.5) is 0 Å². The standard InChI is InChI=1S/C44H27N5O/c1-4-14-29(15-5-1)41-46-42(30-16-6-2-7-17-30)48-43(47-41)31-26-24-28(25-27-31)39-37-33-20-10-12-22-35(33)49(32-18-8-3-9-19-32)40(37)38-34-21-11-13-23-36(34)50-44(38)45-39/h1-27H. The fraction of sp³-hybridized carbons (Fsp3) is 0. The first-order valence-corrected chi connectivity index (χ1v) is 16.6. The predicted molar refractivity (Wildman–Crippen MR) is 201 cm³/mol. The molecule has 4 heterocycles. The van der Waals surface area contributed by atoms with Gasteiger partial charge in [0.1, 0.15) is 5.58 Å². The van der Waals surface area contributed by atoms with Gasteiger partial charge in [-0.25, -0.2) is 19.9 Å². The quantitative estimate of drug-likeness (QED) is 0.187. The highest BCUT2D eigenvalue weighted by atomic mass is 16.3. The molecule has 6 aromatic carbocycles. The number of nitrogens with zero attached hydrogens (tertiary/aromatic N) is 5. The molecule has 0 aliphatic rings. The molecule has 0 saturated heterocycles. The van der Waals surface area contributed by atoms with Crippen LogP contribution in [0, 0.1) is 0 Å².